The van der Waals surface area contributed by atoms with Gasteiger partial charge in [-0.15, -0.1) is 0 Å². The third-order valence-corrected chi connectivity index (χ3v) is 3.07. The lowest BCUT2D eigenvalue weighted by atomic mass is 10.3. The first-order valence-electron chi connectivity index (χ1n) is 6.75. The van der Waals surface area contributed by atoms with Crippen LogP contribution in [0.3, 0.4) is 0 Å². The number of unbranched alkanes of at least 4 members (excludes halogenated alkanes) is 1. The Kier molecular flexibility index (Phi) is 4.51. The van der Waals surface area contributed by atoms with Crippen LogP contribution >= 0.6 is 0 Å². The predicted octanol–water partition coefficient (Wildman–Crippen LogP) is 3.44. The normalized spacial score (nSPS) is 14.3. The second kappa shape index (κ2) is 6.34. The van der Waals surface area contributed by atoms with Gasteiger partial charge in [0.2, 0.25) is 0 Å². The molecule has 0 unspecified atom stereocenters. The largest absolute Gasteiger partial charge is 0.494 e. The molecule has 0 N–H and O–H groups in total. The van der Waals surface area contributed by atoms with E-state index in [0.717, 1.165) is 19.0 Å². The first-order chi connectivity index (χ1) is 8.83. The molecule has 0 bridgehead atoms. The van der Waals surface area contributed by atoms with Gasteiger partial charge < -0.3 is 14.5 Å². The molecule has 1 heterocycles. The summed E-state index contributed by atoms with van der Waals surface area (Å²) in [6, 6.07) is 8.28. The van der Waals surface area contributed by atoms with Gasteiger partial charge in [0.15, 0.2) is 0 Å². The maximum atomic E-state index is 5.45. The number of benzene rings is 1. The van der Waals surface area contributed by atoms with Crippen LogP contribution < -0.4 is 9.64 Å². The lowest BCUT2D eigenvalue weighted by Gasteiger charge is -2.21. The molecule has 18 heavy (non-hydrogen) atoms. The standard InChI is InChI=1S/C15H22N2O/c1-3-5-10-16-11-12-17(13-16)14-6-8-15(9-7-14)18-4-2/h6-9,11-12H,3-5,10,13H2,1-2H3. The van der Waals surface area contributed by atoms with Gasteiger partial charge >= 0.3 is 0 Å². The van der Waals surface area contributed by atoms with Gasteiger partial charge in [-0.05, 0) is 37.6 Å². The molecule has 0 radical (unpaired) electrons. The van der Waals surface area contributed by atoms with Crippen molar-refractivity contribution in [3.05, 3.63) is 36.7 Å². The second-order valence-electron chi connectivity index (χ2n) is 4.50. The SMILES string of the molecule is CCCCN1C=CN(c2ccc(OCC)cc2)C1. The van der Waals surface area contributed by atoms with E-state index in [2.05, 4.69) is 41.3 Å². The Hall–Kier alpha value is -1.64. The Balaban J connectivity index is 1.91. The number of hydrogen-bond acceptors (Lipinski definition) is 3. The second-order valence-corrected chi connectivity index (χ2v) is 4.50. The maximum absolute atomic E-state index is 5.45. The lowest BCUT2D eigenvalue weighted by molar-refractivity contribution is 0.340. The third kappa shape index (κ3) is 3.19. The molecule has 0 aliphatic carbocycles. The average Bonchev–Trinajstić information content (AvgIpc) is 2.86. The van der Waals surface area contributed by atoms with E-state index in [9.17, 15) is 0 Å². The van der Waals surface area contributed by atoms with Crippen LogP contribution in [-0.2, 0) is 0 Å². The molecule has 1 aliphatic heterocycles. The zero-order chi connectivity index (χ0) is 12.8. The summed E-state index contributed by atoms with van der Waals surface area (Å²) in [5.74, 6) is 0.937. The highest BCUT2D eigenvalue weighted by atomic mass is 16.5. The van der Waals surface area contributed by atoms with E-state index in [4.69, 9.17) is 4.74 Å². The maximum Gasteiger partial charge on any atom is 0.119 e. The van der Waals surface area contributed by atoms with Crippen LogP contribution in [0.2, 0.25) is 0 Å². The molecule has 1 aliphatic rings. The Morgan fingerprint density at radius 2 is 1.89 bits per heavy atom. The van der Waals surface area contributed by atoms with Crippen molar-refractivity contribution >= 4 is 5.69 Å². The molecule has 1 aromatic carbocycles. The Bertz CT molecular complexity index is 386. The van der Waals surface area contributed by atoms with Gasteiger partial charge in [-0.25, -0.2) is 0 Å². The summed E-state index contributed by atoms with van der Waals surface area (Å²) in [6.45, 7) is 7.04. The molecular weight excluding hydrogens is 224 g/mol. The minimum atomic E-state index is 0.716. The monoisotopic (exact) mass is 246 g/mol. The molecule has 98 valence electrons. The summed E-state index contributed by atoms with van der Waals surface area (Å²) in [4.78, 5) is 4.60. The molecule has 0 saturated carbocycles. The molecule has 0 aromatic heterocycles. The first kappa shape index (κ1) is 12.8. The van der Waals surface area contributed by atoms with E-state index in [1.165, 1.54) is 18.5 Å². The smallest absolute Gasteiger partial charge is 0.119 e. The van der Waals surface area contributed by atoms with Crippen molar-refractivity contribution in [3.8, 4) is 5.75 Å². The molecule has 0 atom stereocenters. The number of rotatable bonds is 6. The Labute approximate surface area is 110 Å². The molecule has 1 aromatic rings. The van der Waals surface area contributed by atoms with E-state index in [-0.39, 0.29) is 0 Å². The van der Waals surface area contributed by atoms with Crippen LogP contribution in [0.1, 0.15) is 26.7 Å². The van der Waals surface area contributed by atoms with Crippen molar-refractivity contribution in [2.24, 2.45) is 0 Å². The molecule has 3 heteroatoms. The quantitative estimate of drug-likeness (QED) is 0.764. The van der Waals surface area contributed by atoms with Gasteiger partial charge in [-0.1, -0.05) is 13.3 Å². The number of ether oxygens (including phenoxy) is 1. The van der Waals surface area contributed by atoms with Crippen LogP contribution in [0.25, 0.3) is 0 Å². The van der Waals surface area contributed by atoms with Crippen molar-refractivity contribution in [3.63, 3.8) is 0 Å². The van der Waals surface area contributed by atoms with Crippen LogP contribution in [0.15, 0.2) is 36.7 Å². The molecule has 0 saturated heterocycles. The first-order valence-corrected chi connectivity index (χ1v) is 6.75. The van der Waals surface area contributed by atoms with E-state index < -0.39 is 0 Å². The van der Waals surface area contributed by atoms with Gasteiger partial charge in [0.1, 0.15) is 5.75 Å². The summed E-state index contributed by atoms with van der Waals surface area (Å²) in [5.41, 5.74) is 1.22. The van der Waals surface area contributed by atoms with Crippen molar-refractivity contribution < 1.29 is 4.74 Å². The van der Waals surface area contributed by atoms with Crippen molar-refractivity contribution in [1.29, 1.82) is 0 Å². The zero-order valence-corrected chi connectivity index (χ0v) is 11.3. The number of anilines is 1. The Morgan fingerprint density at radius 3 is 2.56 bits per heavy atom. The Morgan fingerprint density at radius 1 is 1.11 bits per heavy atom. The molecular formula is C15H22N2O. The number of nitrogens with zero attached hydrogens (tertiary/aromatic N) is 2. The summed E-state index contributed by atoms with van der Waals surface area (Å²) in [6.07, 6.45) is 6.81. The fraction of sp³-hybridized carbons (Fsp3) is 0.467. The molecule has 0 spiro atoms. The summed E-state index contributed by atoms with van der Waals surface area (Å²) in [5, 5.41) is 0. The fourth-order valence-corrected chi connectivity index (χ4v) is 2.04. The average molecular weight is 246 g/mol. The van der Waals surface area contributed by atoms with Gasteiger partial charge in [0.05, 0.1) is 13.3 Å². The van der Waals surface area contributed by atoms with Crippen LogP contribution in [-0.4, -0.2) is 24.7 Å². The van der Waals surface area contributed by atoms with Crippen molar-refractivity contribution in [2.45, 2.75) is 26.7 Å². The summed E-state index contributed by atoms with van der Waals surface area (Å²) >= 11 is 0. The van der Waals surface area contributed by atoms with E-state index in [0.29, 0.717) is 6.61 Å². The van der Waals surface area contributed by atoms with Crippen LogP contribution in [0, 0.1) is 0 Å². The highest BCUT2D eigenvalue weighted by Crippen LogP contribution is 2.22. The third-order valence-electron chi connectivity index (χ3n) is 3.07. The molecule has 0 amide bonds. The van der Waals surface area contributed by atoms with E-state index >= 15 is 0 Å². The van der Waals surface area contributed by atoms with Gasteiger partial charge in [0, 0.05) is 24.6 Å². The number of hydrogen-bond donors (Lipinski definition) is 0. The highest BCUT2D eigenvalue weighted by Gasteiger charge is 2.12. The summed E-state index contributed by atoms with van der Waals surface area (Å²) < 4.78 is 5.45. The van der Waals surface area contributed by atoms with Crippen LogP contribution in [0.5, 0.6) is 5.75 Å². The topological polar surface area (TPSA) is 15.7 Å². The zero-order valence-electron chi connectivity index (χ0n) is 11.3. The van der Waals surface area contributed by atoms with Gasteiger partial charge in [0.25, 0.3) is 0 Å². The minimum Gasteiger partial charge on any atom is -0.494 e. The van der Waals surface area contributed by atoms with Crippen LogP contribution in [0.4, 0.5) is 5.69 Å². The lowest BCUT2D eigenvalue weighted by Crippen LogP contribution is -2.25. The molecule has 2 rings (SSSR count). The van der Waals surface area contributed by atoms with Crippen molar-refractivity contribution in [2.75, 3.05) is 24.7 Å². The minimum absolute atomic E-state index is 0.716. The van der Waals surface area contributed by atoms with E-state index in [1.54, 1.807) is 0 Å². The molecule has 3 nitrogen and oxygen atoms in total. The van der Waals surface area contributed by atoms with E-state index in [1.807, 2.05) is 19.1 Å². The molecule has 0 fully saturated rings. The highest BCUT2D eigenvalue weighted by molar-refractivity contribution is 5.52. The van der Waals surface area contributed by atoms with Gasteiger partial charge in [-0.2, -0.15) is 0 Å². The fourth-order valence-electron chi connectivity index (χ4n) is 2.04. The van der Waals surface area contributed by atoms with Crippen molar-refractivity contribution in [1.82, 2.24) is 4.90 Å². The van der Waals surface area contributed by atoms with Gasteiger partial charge in [-0.3, -0.25) is 0 Å². The summed E-state index contributed by atoms with van der Waals surface area (Å²) in [7, 11) is 0. The predicted molar refractivity (Wildman–Crippen MR) is 75.7 cm³/mol.